The summed E-state index contributed by atoms with van der Waals surface area (Å²) in [6, 6.07) is 6.48. The minimum Gasteiger partial charge on any atom is -0.478 e. The van der Waals surface area contributed by atoms with Crippen molar-refractivity contribution in [2.24, 2.45) is 0 Å². The summed E-state index contributed by atoms with van der Waals surface area (Å²) in [5.41, 5.74) is -0.228. The van der Waals surface area contributed by atoms with Gasteiger partial charge in [0.1, 0.15) is 10.8 Å². The SMILES string of the molecule is O=C(O)c1ccnc(Oc2ccc([N+](=O)[O-])cc2)c1Cl. The van der Waals surface area contributed by atoms with Gasteiger partial charge in [-0.15, -0.1) is 0 Å². The standard InChI is InChI=1S/C12H7ClN2O5/c13-10-9(12(16)17)5-6-14-11(10)20-8-3-1-7(2-4-8)15(18)19/h1-6H,(H,16,17). The highest BCUT2D eigenvalue weighted by atomic mass is 35.5. The van der Waals surface area contributed by atoms with Crippen LogP contribution in [0.4, 0.5) is 5.69 Å². The Kier molecular flexibility index (Phi) is 3.81. The van der Waals surface area contributed by atoms with E-state index in [1.54, 1.807) is 0 Å². The molecule has 1 N–H and O–H groups in total. The highest BCUT2D eigenvalue weighted by Crippen LogP contribution is 2.30. The molecule has 0 radical (unpaired) electrons. The first-order valence-electron chi connectivity index (χ1n) is 5.29. The summed E-state index contributed by atoms with van der Waals surface area (Å²) in [5.74, 6) is -1.03. The molecule has 0 unspecified atom stereocenters. The number of pyridine rings is 1. The number of carbonyl (C=O) groups is 1. The zero-order valence-electron chi connectivity index (χ0n) is 9.82. The Hall–Kier alpha value is -2.67. The number of aromatic nitrogens is 1. The maximum atomic E-state index is 10.9. The summed E-state index contributed by atoms with van der Waals surface area (Å²) in [6.45, 7) is 0. The van der Waals surface area contributed by atoms with Gasteiger partial charge >= 0.3 is 5.97 Å². The Morgan fingerprint density at radius 2 is 1.95 bits per heavy atom. The number of hydrogen-bond acceptors (Lipinski definition) is 5. The zero-order valence-corrected chi connectivity index (χ0v) is 10.6. The van der Waals surface area contributed by atoms with Gasteiger partial charge in [0.05, 0.1) is 10.5 Å². The number of non-ortho nitro benzene ring substituents is 1. The highest BCUT2D eigenvalue weighted by Gasteiger charge is 2.15. The lowest BCUT2D eigenvalue weighted by atomic mass is 10.2. The maximum Gasteiger partial charge on any atom is 0.337 e. The fourth-order valence-corrected chi connectivity index (χ4v) is 1.64. The van der Waals surface area contributed by atoms with E-state index in [1.807, 2.05) is 0 Å². The molecule has 2 rings (SSSR count). The Balaban J connectivity index is 2.28. The van der Waals surface area contributed by atoms with E-state index >= 15 is 0 Å². The van der Waals surface area contributed by atoms with Gasteiger partial charge < -0.3 is 9.84 Å². The van der Waals surface area contributed by atoms with E-state index in [-0.39, 0.29) is 27.9 Å². The van der Waals surface area contributed by atoms with Crippen molar-refractivity contribution < 1.29 is 19.6 Å². The van der Waals surface area contributed by atoms with Crippen LogP contribution in [0.2, 0.25) is 5.02 Å². The minimum absolute atomic E-state index is 0.0829. The number of benzene rings is 1. The van der Waals surface area contributed by atoms with E-state index in [4.69, 9.17) is 21.4 Å². The predicted molar refractivity (Wildman–Crippen MR) is 69.4 cm³/mol. The van der Waals surface area contributed by atoms with Gasteiger partial charge in [-0.25, -0.2) is 9.78 Å². The molecular weight excluding hydrogens is 288 g/mol. The fraction of sp³-hybridized carbons (Fsp3) is 0. The average Bonchev–Trinajstić information content (AvgIpc) is 2.41. The van der Waals surface area contributed by atoms with Gasteiger partial charge in [-0.3, -0.25) is 10.1 Å². The van der Waals surface area contributed by atoms with Crippen LogP contribution < -0.4 is 4.74 Å². The third-order valence-electron chi connectivity index (χ3n) is 2.35. The second-order valence-corrected chi connectivity index (χ2v) is 4.01. The molecule has 0 aliphatic rings. The number of rotatable bonds is 4. The second-order valence-electron chi connectivity index (χ2n) is 3.64. The van der Waals surface area contributed by atoms with Crippen LogP contribution >= 0.6 is 11.6 Å². The van der Waals surface area contributed by atoms with Crippen molar-refractivity contribution in [3.05, 3.63) is 57.2 Å². The molecule has 1 aromatic carbocycles. The Morgan fingerprint density at radius 3 is 2.50 bits per heavy atom. The summed E-state index contributed by atoms with van der Waals surface area (Å²) in [7, 11) is 0. The Bertz CT molecular complexity index is 672. The summed E-state index contributed by atoms with van der Waals surface area (Å²) in [5, 5.41) is 19.3. The van der Waals surface area contributed by atoms with Crippen LogP contribution in [0, 0.1) is 10.1 Å². The summed E-state index contributed by atoms with van der Waals surface area (Å²) < 4.78 is 5.31. The smallest absolute Gasteiger partial charge is 0.337 e. The molecule has 1 aromatic heterocycles. The Morgan fingerprint density at radius 1 is 1.30 bits per heavy atom. The van der Waals surface area contributed by atoms with Crippen molar-refractivity contribution in [1.29, 1.82) is 0 Å². The molecule has 0 aliphatic carbocycles. The van der Waals surface area contributed by atoms with Crippen molar-refractivity contribution in [1.82, 2.24) is 4.98 Å². The topological polar surface area (TPSA) is 103 Å². The largest absolute Gasteiger partial charge is 0.478 e. The highest BCUT2D eigenvalue weighted by molar-refractivity contribution is 6.34. The number of ether oxygens (including phenoxy) is 1. The minimum atomic E-state index is -1.20. The van der Waals surface area contributed by atoms with Gasteiger partial charge in [0.15, 0.2) is 0 Å². The Labute approximate surface area is 117 Å². The van der Waals surface area contributed by atoms with E-state index < -0.39 is 10.9 Å². The molecule has 102 valence electrons. The van der Waals surface area contributed by atoms with Gasteiger partial charge in [0.25, 0.3) is 5.69 Å². The van der Waals surface area contributed by atoms with Crippen molar-refractivity contribution in [3.8, 4) is 11.6 Å². The number of carboxylic acid groups (broad SMARTS) is 1. The van der Waals surface area contributed by atoms with E-state index in [0.717, 1.165) is 0 Å². The zero-order chi connectivity index (χ0) is 14.7. The molecule has 0 fully saturated rings. The van der Waals surface area contributed by atoms with Crippen LogP contribution in [0.5, 0.6) is 11.6 Å². The van der Waals surface area contributed by atoms with Gasteiger partial charge in [0.2, 0.25) is 5.88 Å². The van der Waals surface area contributed by atoms with E-state index in [2.05, 4.69) is 4.98 Å². The maximum absolute atomic E-state index is 10.9. The van der Waals surface area contributed by atoms with Crippen molar-refractivity contribution >= 4 is 23.3 Å². The van der Waals surface area contributed by atoms with E-state index in [1.165, 1.54) is 36.5 Å². The van der Waals surface area contributed by atoms with Crippen LogP contribution in [-0.2, 0) is 0 Å². The molecule has 20 heavy (non-hydrogen) atoms. The van der Waals surface area contributed by atoms with E-state index in [9.17, 15) is 14.9 Å². The molecule has 1 heterocycles. The summed E-state index contributed by atoms with van der Waals surface area (Å²) in [4.78, 5) is 24.7. The normalized spacial score (nSPS) is 10.1. The third kappa shape index (κ3) is 2.83. The molecule has 0 atom stereocenters. The van der Waals surface area contributed by atoms with Crippen molar-refractivity contribution in [2.45, 2.75) is 0 Å². The van der Waals surface area contributed by atoms with Crippen molar-refractivity contribution in [3.63, 3.8) is 0 Å². The number of hydrogen-bond donors (Lipinski definition) is 1. The van der Waals surface area contributed by atoms with Crippen LogP contribution in [0.3, 0.4) is 0 Å². The predicted octanol–water partition coefficient (Wildman–Crippen LogP) is 3.13. The molecule has 2 aromatic rings. The quantitative estimate of drug-likeness (QED) is 0.686. The molecule has 0 aliphatic heterocycles. The van der Waals surface area contributed by atoms with Gasteiger partial charge in [-0.05, 0) is 18.2 Å². The molecule has 8 heteroatoms. The molecule has 7 nitrogen and oxygen atoms in total. The molecule has 0 bridgehead atoms. The lowest BCUT2D eigenvalue weighted by Gasteiger charge is -2.07. The first-order chi connectivity index (χ1) is 9.49. The van der Waals surface area contributed by atoms with E-state index in [0.29, 0.717) is 0 Å². The van der Waals surface area contributed by atoms with Crippen LogP contribution in [0.1, 0.15) is 10.4 Å². The number of nitro groups is 1. The van der Waals surface area contributed by atoms with Crippen LogP contribution in [-0.4, -0.2) is 21.0 Å². The molecule has 0 saturated heterocycles. The number of carboxylic acids is 1. The summed E-state index contributed by atoms with van der Waals surface area (Å²) in [6.07, 6.45) is 1.25. The van der Waals surface area contributed by atoms with Crippen LogP contribution in [0.15, 0.2) is 36.5 Å². The fourth-order valence-electron chi connectivity index (χ4n) is 1.41. The first kappa shape index (κ1) is 13.8. The monoisotopic (exact) mass is 294 g/mol. The third-order valence-corrected chi connectivity index (χ3v) is 2.71. The van der Waals surface area contributed by atoms with Gasteiger partial charge in [-0.2, -0.15) is 0 Å². The lowest BCUT2D eigenvalue weighted by molar-refractivity contribution is -0.384. The number of halogens is 1. The second kappa shape index (κ2) is 5.54. The first-order valence-corrected chi connectivity index (χ1v) is 5.67. The van der Waals surface area contributed by atoms with Crippen molar-refractivity contribution in [2.75, 3.05) is 0 Å². The average molecular weight is 295 g/mol. The summed E-state index contributed by atoms with van der Waals surface area (Å²) >= 11 is 5.86. The molecular formula is C12H7ClN2O5. The van der Waals surface area contributed by atoms with Gasteiger partial charge in [-0.1, -0.05) is 11.6 Å². The number of aromatic carboxylic acids is 1. The lowest BCUT2D eigenvalue weighted by Crippen LogP contribution is -2.00. The molecule has 0 amide bonds. The number of nitro benzene ring substituents is 1. The molecule has 0 spiro atoms. The molecule has 0 saturated carbocycles. The van der Waals surface area contributed by atoms with Crippen LogP contribution in [0.25, 0.3) is 0 Å². The van der Waals surface area contributed by atoms with Gasteiger partial charge in [0, 0.05) is 18.3 Å². The number of nitrogens with zero attached hydrogens (tertiary/aromatic N) is 2.